The lowest BCUT2D eigenvalue weighted by Crippen LogP contribution is -2.74. The van der Waals surface area contributed by atoms with Crippen LogP contribution in [-0.2, 0) is 8.85 Å². The summed E-state index contributed by atoms with van der Waals surface area (Å²) in [7, 11) is -4.22. The van der Waals surface area contributed by atoms with Crippen LogP contribution < -0.4 is 5.19 Å². The van der Waals surface area contributed by atoms with Crippen molar-refractivity contribution in [2.24, 2.45) is 0 Å². The van der Waals surface area contributed by atoms with Gasteiger partial charge in [0.1, 0.15) is 0 Å². The van der Waals surface area contributed by atoms with Gasteiger partial charge in [-0.3, -0.25) is 0 Å². The van der Waals surface area contributed by atoms with E-state index in [-0.39, 0.29) is 11.8 Å². The van der Waals surface area contributed by atoms with Crippen LogP contribution >= 0.6 is 0 Å². The van der Waals surface area contributed by atoms with E-state index in [9.17, 15) is 74.6 Å². The first-order chi connectivity index (χ1) is 21.9. The fourth-order valence-electron chi connectivity index (χ4n) is 4.32. The van der Waals surface area contributed by atoms with Crippen molar-refractivity contribution < 1.29 is 83.5 Å². The van der Waals surface area contributed by atoms with Crippen LogP contribution in [0, 0.1) is 0 Å². The van der Waals surface area contributed by atoms with Gasteiger partial charge < -0.3 is 8.85 Å². The summed E-state index contributed by atoms with van der Waals surface area (Å²) in [5.74, 6) is -56.8. The summed E-state index contributed by atoms with van der Waals surface area (Å²) in [6.45, 7) is 2.22. The van der Waals surface area contributed by atoms with E-state index in [4.69, 9.17) is 8.85 Å². The quantitative estimate of drug-likeness (QED) is 0.133. The summed E-state index contributed by atoms with van der Waals surface area (Å²) in [5, 5.41) is -1.07. The molecule has 0 spiro atoms. The van der Waals surface area contributed by atoms with E-state index in [2.05, 4.69) is 0 Å². The van der Waals surface area contributed by atoms with E-state index in [1.54, 1.807) is 36.4 Å². The molecule has 0 heterocycles. The molecular weight excluding hydrogens is 731 g/mol. The molecule has 0 saturated carbocycles. The molecule has 0 radical (unpaired) electrons. The lowest BCUT2D eigenvalue weighted by atomic mass is 9.88. The highest BCUT2D eigenvalue weighted by Gasteiger charge is 2.95. The summed E-state index contributed by atoms with van der Waals surface area (Å²) in [4.78, 5) is 0. The Morgan fingerprint density at radius 1 is 0.531 bits per heavy atom. The summed E-state index contributed by atoms with van der Waals surface area (Å²) >= 11 is 0. The van der Waals surface area contributed by atoms with Crippen molar-refractivity contribution in [3.63, 3.8) is 0 Å². The van der Waals surface area contributed by atoms with Crippen LogP contribution in [-0.4, -0.2) is 69.4 Å². The Balaban J connectivity index is 2.47. The topological polar surface area (TPSA) is 18.5 Å². The van der Waals surface area contributed by atoms with Crippen molar-refractivity contribution in [1.82, 2.24) is 0 Å². The molecule has 0 amide bonds. The van der Waals surface area contributed by atoms with Gasteiger partial charge in [-0.05, 0) is 10.8 Å². The minimum Gasteiger partial charge on any atom is -0.390 e. The molecule has 0 N–H and O–H groups in total. The molecule has 0 aliphatic carbocycles. The van der Waals surface area contributed by atoms with E-state index >= 15 is 0 Å². The average Bonchev–Trinajstić information content (AvgIpc) is 2.97. The van der Waals surface area contributed by atoms with Gasteiger partial charge in [0, 0.05) is 18.1 Å². The summed E-state index contributed by atoms with van der Waals surface area (Å²) in [6, 6.07) is 15.5. The number of halogens is 17. The van der Waals surface area contributed by atoms with Gasteiger partial charge in [0.15, 0.2) is 0 Å². The molecule has 0 aliphatic heterocycles. The number of hydrogen-bond donors (Lipinski definition) is 0. The highest BCUT2D eigenvalue weighted by Crippen LogP contribution is 2.64. The first kappa shape index (κ1) is 42.3. The third kappa shape index (κ3) is 7.31. The molecule has 1 atom stereocenters. The Kier molecular flexibility index (Phi) is 11.8. The Morgan fingerprint density at radius 3 is 1.37 bits per heavy atom. The Labute approximate surface area is 269 Å². The highest BCUT2D eigenvalue weighted by molar-refractivity contribution is 6.83. The number of rotatable bonds is 15. The van der Waals surface area contributed by atoms with Gasteiger partial charge in [0.2, 0.25) is 0 Å². The zero-order valence-electron chi connectivity index (χ0n) is 25.3. The third-order valence-electron chi connectivity index (χ3n) is 7.14. The van der Waals surface area contributed by atoms with Gasteiger partial charge in [-0.2, -0.15) is 74.6 Å². The standard InChI is InChI=1S/C29H27F17O2Si/c1-21(2,3)49(20-14-8-5-9-15-20,47-17-10-13-19-11-6-4-7-12-19)48-18-16-22(30,31)23(32,33)24(34,35)25(36,37)26(38,39)27(40,41)28(42,43)29(44,45)46/h4-15H,16-18H2,1-3H3/b13-10+. The van der Waals surface area contributed by atoms with Crippen molar-refractivity contribution in [3.05, 3.63) is 72.3 Å². The Morgan fingerprint density at radius 2 is 0.939 bits per heavy atom. The monoisotopic (exact) mass is 758 g/mol. The third-order valence-corrected chi connectivity index (χ3v) is 11.4. The molecular formula is C29H27F17O2Si. The molecule has 0 aliphatic rings. The maximum absolute atomic E-state index is 14.7. The van der Waals surface area contributed by atoms with Gasteiger partial charge in [-0.25, -0.2) is 0 Å². The van der Waals surface area contributed by atoms with Gasteiger partial charge in [-0.1, -0.05) is 93.6 Å². The van der Waals surface area contributed by atoms with Crippen LogP contribution in [0.1, 0.15) is 32.8 Å². The highest BCUT2D eigenvalue weighted by atomic mass is 28.4. The molecule has 2 rings (SSSR count). The first-order valence-electron chi connectivity index (χ1n) is 13.7. The van der Waals surface area contributed by atoms with Gasteiger partial charge in [0.05, 0.1) is 6.61 Å². The van der Waals surface area contributed by atoms with E-state index in [0.29, 0.717) is 5.56 Å². The van der Waals surface area contributed by atoms with Gasteiger partial charge >= 0.3 is 56.2 Å². The average molecular weight is 759 g/mol. The van der Waals surface area contributed by atoms with Crippen molar-refractivity contribution in [1.29, 1.82) is 0 Å². The van der Waals surface area contributed by atoms with E-state index in [1.807, 2.05) is 0 Å². The number of hydrogen-bond acceptors (Lipinski definition) is 2. The Bertz CT molecular complexity index is 1410. The first-order valence-corrected chi connectivity index (χ1v) is 15.5. The summed E-state index contributed by atoms with van der Waals surface area (Å²) in [5.41, 5.74) is 0.667. The predicted molar refractivity (Wildman–Crippen MR) is 144 cm³/mol. The maximum Gasteiger partial charge on any atom is 0.460 e. The molecule has 2 aromatic rings. The lowest BCUT2D eigenvalue weighted by molar-refractivity contribution is -0.461. The van der Waals surface area contributed by atoms with Crippen molar-refractivity contribution in [2.45, 2.75) is 79.9 Å². The van der Waals surface area contributed by atoms with Crippen LogP contribution in [0.25, 0.3) is 6.08 Å². The van der Waals surface area contributed by atoms with E-state index in [1.165, 1.54) is 57.2 Å². The maximum atomic E-state index is 14.7. The van der Waals surface area contributed by atoms with Crippen LogP contribution in [0.3, 0.4) is 0 Å². The molecule has 0 saturated heterocycles. The Hall–Kier alpha value is -2.87. The number of alkyl halides is 17. The van der Waals surface area contributed by atoms with E-state index < -0.39 is 74.3 Å². The van der Waals surface area contributed by atoms with Crippen LogP contribution in [0.4, 0.5) is 74.6 Å². The molecule has 2 nitrogen and oxygen atoms in total. The molecule has 0 bridgehead atoms. The minimum atomic E-state index is -8.68. The molecule has 20 heteroatoms. The predicted octanol–water partition coefficient (Wildman–Crippen LogP) is 10.3. The molecule has 2 aromatic carbocycles. The second-order valence-corrected chi connectivity index (χ2v) is 15.5. The summed E-state index contributed by atoms with van der Waals surface area (Å²) in [6.07, 6.45) is -7.55. The largest absolute Gasteiger partial charge is 0.460 e. The van der Waals surface area contributed by atoms with Crippen LogP contribution in [0.2, 0.25) is 5.04 Å². The molecule has 0 aromatic heterocycles. The van der Waals surface area contributed by atoms with Gasteiger partial charge in [0.25, 0.3) is 0 Å². The molecule has 1 unspecified atom stereocenters. The molecule has 49 heavy (non-hydrogen) atoms. The van der Waals surface area contributed by atoms with E-state index in [0.717, 1.165) is 0 Å². The van der Waals surface area contributed by atoms with Crippen molar-refractivity contribution >= 4 is 19.8 Å². The molecule has 278 valence electrons. The van der Waals surface area contributed by atoms with Gasteiger partial charge in [-0.15, -0.1) is 0 Å². The smallest absolute Gasteiger partial charge is 0.390 e. The fraction of sp³-hybridized carbons (Fsp3) is 0.517. The number of benzene rings is 2. The molecule has 0 fully saturated rings. The minimum absolute atomic E-state index is 0.148. The fourth-order valence-corrected chi connectivity index (χ4v) is 7.82. The summed E-state index contributed by atoms with van der Waals surface area (Å²) < 4.78 is 244. The second-order valence-electron chi connectivity index (χ2n) is 11.6. The SMILES string of the molecule is CC(C)(C)[Si](OC/C=C/c1ccccc1)(OCCC(F)(F)C(F)(F)C(F)(F)C(F)(F)C(F)(F)C(F)(F)C(F)(F)C(F)(F)F)c1ccccc1. The zero-order chi connectivity index (χ0) is 38.2. The second kappa shape index (κ2) is 13.7. The zero-order valence-corrected chi connectivity index (χ0v) is 26.3. The lowest BCUT2D eigenvalue weighted by Gasteiger charge is -2.43. The van der Waals surface area contributed by atoms with Crippen LogP contribution in [0.15, 0.2) is 66.7 Å². The van der Waals surface area contributed by atoms with Crippen molar-refractivity contribution in [2.75, 3.05) is 13.2 Å². The normalized spacial score (nSPS) is 16.2. The van der Waals surface area contributed by atoms with Crippen LogP contribution in [0.5, 0.6) is 0 Å². The van der Waals surface area contributed by atoms with Crippen molar-refractivity contribution in [3.8, 4) is 0 Å².